The van der Waals surface area contributed by atoms with Crippen molar-refractivity contribution in [3.63, 3.8) is 0 Å². The van der Waals surface area contributed by atoms with Gasteiger partial charge in [-0.1, -0.05) is 103 Å². The smallest absolute Gasteiger partial charge is 0.346 e. The minimum Gasteiger partial charge on any atom is -0.477 e. The maximum atomic E-state index is 11.3. The van der Waals surface area contributed by atoms with Crippen molar-refractivity contribution in [2.45, 2.75) is 0 Å². The van der Waals surface area contributed by atoms with Crippen LogP contribution >= 0.6 is 11.3 Å². The number of rotatable bonds is 5. The summed E-state index contributed by atoms with van der Waals surface area (Å²) in [7, 11) is 0. The largest absolute Gasteiger partial charge is 0.477 e. The van der Waals surface area contributed by atoms with Gasteiger partial charge in [-0.05, 0) is 119 Å². The van der Waals surface area contributed by atoms with Crippen LogP contribution < -0.4 is 9.80 Å². The molecule has 1 aromatic heterocycles. The first kappa shape index (κ1) is 33.9. The average molecular weight is 716 g/mol. The number of anilines is 6. The number of carbonyl (C=O) groups is 1. The van der Waals surface area contributed by atoms with Crippen molar-refractivity contribution >= 4 is 81.8 Å². The van der Waals surface area contributed by atoms with Crippen LogP contribution in [0.1, 0.15) is 27.1 Å². The van der Waals surface area contributed by atoms with Gasteiger partial charge in [0.15, 0.2) is 0 Å². The van der Waals surface area contributed by atoms with Crippen molar-refractivity contribution in [2.24, 2.45) is 0 Å². The van der Waals surface area contributed by atoms with Gasteiger partial charge in [0.25, 0.3) is 0 Å². The van der Waals surface area contributed by atoms with E-state index >= 15 is 0 Å². The molecule has 0 unspecified atom stereocenters. The second-order valence-electron chi connectivity index (χ2n) is 12.8. The first-order valence-corrected chi connectivity index (χ1v) is 18.3. The Morgan fingerprint density at radius 1 is 0.500 bits per heavy atom. The molecule has 0 saturated carbocycles. The van der Waals surface area contributed by atoms with Gasteiger partial charge < -0.3 is 14.9 Å². The summed E-state index contributed by atoms with van der Waals surface area (Å²) in [6.07, 6.45) is 9.97. The van der Waals surface area contributed by atoms with E-state index < -0.39 is 5.97 Å². The van der Waals surface area contributed by atoms with E-state index in [0.29, 0.717) is 4.88 Å². The summed E-state index contributed by atoms with van der Waals surface area (Å²) < 4.78 is 0. The van der Waals surface area contributed by atoms with Crippen LogP contribution in [0, 0.1) is 11.3 Å². The molecule has 7 aliphatic rings. The van der Waals surface area contributed by atoms with Crippen molar-refractivity contribution < 1.29 is 9.90 Å². The van der Waals surface area contributed by atoms with Crippen molar-refractivity contribution in [3.05, 3.63) is 196 Å². The molecule has 14 rings (SSSR count). The van der Waals surface area contributed by atoms with Crippen LogP contribution in [0.4, 0.5) is 34.1 Å². The molecule has 8 heterocycles. The molecule has 7 aliphatic heterocycles. The molecule has 7 aromatic rings. The van der Waals surface area contributed by atoms with Gasteiger partial charge >= 0.3 is 5.97 Å². The fourth-order valence-electron chi connectivity index (χ4n) is 6.44. The van der Waals surface area contributed by atoms with Gasteiger partial charge in [-0.2, -0.15) is 5.26 Å². The van der Waals surface area contributed by atoms with E-state index in [1.54, 1.807) is 6.07 Å². The Hall–Kier alpha value is -7.20. The van der Waals surface area contributed by atoms with E-state index in [2.05, 4.69) is 180 Å². The molecule has 1 N–H and O–H groups in total. The predicted molar refractivity (Wildman–Crippen MR) is 225 cm³/mol. The van der Waals surface area contributed by atoms with E-state index in [-0.39, 0.29) is 5.57 Å². The lowest BCUT2D eigenvalue weighted by Crippen LogP contribution is -2.09. The van der Waals surface area contributed by atoms with E-state index in [9.17, 15) is 15.2 Å². The van der Waals surface area contributed by atoms with Crippen LogP contribution in [0.15, 0.2) is 169 Å². The molecule has 5 nitrogen and oxygen atoms in total. The zero-order chi connectivity index (χ0) is 36.9. The van der Waals surface area contributed by atoms with Gasteiger partial charge in [-0.25, -0.2) is 4.79 Å². The minimum atomic E-state index is -1.23. The number of para-hydroxylation sites is 1. The molecule has 0 aliphatic carbocycles. The number of aliphatic carboxylic acids is 1. The third kappa shape index (κ3) is 7.40. The lowest BCUT2D eigenvalue weighted by molar-refractivity contribution is -0.132. The maximum absolute atomic E-state index is 11.3. The highest BCUT2D eigenvalue weighted by Gasteiger charge is 2.15. The van der Waals surface area contributed by atoms with Crippen LogP contribution in [0.25, 0.3) is 40.8 Å². The van der Waals surface area contributed by atoms with E-state index in [1.165, 1.54) is 17.4 Å². The number of hydrogen-bond acceptors (Lipinski definition) is 5. The quantitative estimate of drug-likeness (QED) is 0.142. The minimum absolute atomic E-state index is 0.287. The topological polar surface area (TPSA) is 67.6 Å². The number of hydrogen-bond donors (Lipinski definition) is 1. The highest BCUT2D eigenvalue weighted by Crippen LogP contribution is 2.38. The summed E-state index contributed by atoms with van der Waals surface area (Å²) >= 11 is 1.45. The highest BCUT2D eigenvalue weighted by molar-refractivity contribution is 7.16. The monoisotopic (exact) mass is 715 g/mol. The zero-order valence-corrected chi connectivity index (χ0v) is 29.9. The summed E-state index contributed by atoms with van der Waals surface area (Å²) in [5, 5.41) is 18.4. The maximum Gasteiger partial charge on any atom is 0.346 e. The van der Waals surface area contributed by atoms with Crippen molar-refractivity contribution in [1.82, 2.24) is 0 Å². The van der Waals surface area contributed by atoms with Crippen molar-refractivity contribution in [1.29, 1.82) is 5.26 Å². The van der Waals surface area contributed by atoms with Gasteiger partial charge in [0, 0.05) is 43.9 Å². The molecule has 0 amide bonds. The normalized spacial score (nSPS) is 13.6. The van der Waals surface area contributed by atoms with Crippen molar-refractivity contribution in [3.8, 4) is 16.5 Å². The molecule has 258 valence electrons. The Kier molecular flexibility index (Phi) is 9.54. The molecule has 0 fully saturated rings. The lowest BCUT2D eigenvalue weighted by Gasteiger charge is -2.26. The van der Waals surface area contributed by atoms with Gasteiger partial charge in [0.05, 0.1) is 0 Å². The van der Waals surface area contributed by atoms with Crippen LogP contribution in [0.3, 0.4) is 0 Å². The molecule has 0 spiro atoms. The number of nitrogens with zero attached hydrogens (tertiary/aromatic N) is 3. The van der Waals surface area contributed by atoms with Gasteiger partial charge in [-0.3, -0.25) is 0 Å². The molecule has 0 saturated heterocycles. The average Bonchev–Trinajstić information content (AvgIpc) is 3.69. The number of benzene rings is 6. The van der Waals surface area contributed by atoms with Crippen LogP contribution in [-0.2, 0) is 4.79 Å². The highest BCUT2D eigenvalue weighted by atomic mass is 32.1. The lowest BCUT2D eigenvalue weighted by atomic mass is 10.1. The third-order valence-corrected chi connectivity index (χ3v) is 10.3. The zero-order valence-electron chi connectivity index (χ0n) is 29.1. The Labute approximate surface area is 318 Å². The number of thiophene rings is 1. The molecule has 54 heavy (non-hydrogen) atoms. The molecular weight excluding hydrogens is 683 g/mol. The summed E-state index contributed by atoms with van der Waals surface area (Å²) in [6, 6.07) is 58.7. The van der Waals surface area contributed by atoms with Gasteiger partial charge in [-0.15, -0.1) is 11.3 Å². The predicted octanol–water partition coefficient (Wildman–Crippen LogP) is 13.0. The summed E-state index contributed by atoms with van der Waals surface area (Å²) in [6.45, 7) is 0. The molecule has 6 heteroatoms. The standard InChI is InChI=1S/C48H33N3O2S/c49-33-39(48(52)53)32-46-30-31-47(54-46)38-18-28-45(29-19-38)51-43-24-14-36(15-25-43)8-6-34-10-20-41(21-11-34)50(40-4-2-1-3-5-40)42-22-12-35(13-23-42)7-9-37-16-26-44(51)27-17-37/h1-32H,(H,52,53)/b8-6-,9-7-,39-32+. The molecule has 6 aromatic carbocycles. The Balaban J connectivity index is 1.15. The van der Waals surface area contributed by atoms with Crippen LogP contribution in [0.5, 0.6) is 0 Å². The molecule has 0 atom stereocenters. The van der Waals surface area contributed by atoms with E-state index in [4.69, 9.17) is 0 Å². The summed E-state index contributed by atoms with van der Waals surface area (Å²) in [5.41, 5.74) is 11.5. The summed E-state index contributed by atoms with van der Waals surface area (Å²) in [5.74, 6) is -1.23. The Bertz CT molecular complexity index is 2440. The van der Waals surface area contributed by atoms with Crippen LogP contribution in [-0.4, -0.2) is 11.1 Å². The van der Waals surface area contributed by atoms with Crippen LogP contribution in [0.2, 0.25) is 0 Å². The molecule has 0 radical (unpaired) electrons. The first-order chi connectivity index (χ1) is 26.5. The number of nitriles is 1. The molecule has 8 bridgehead atoms. The Morgan fingerprint density at radius 3 is 1.24 bits per heavy atom. The van der Waals surface area contributed by atoms with Gasteiger partial charge in [0.2, 0.25) is 0 Å². The van der Waals surface area contributed by atoms with E-state index in [0.717, 1.165) is 66.8 Å². The second kappa shape index (κ2) is 15.2. The SMILES string of the molecule is N#C/C(=C\c1ccc(-c2ccc(N3c4ccc(cc4)/C=C\c4ccc(cc4)N(c4ccccc4)c4ccc(cc4)/C=C\c4ccc3cc4)cc2)s1)C(=O)O. The number of carboxylic acid groups (broad SMARTS) is 1. The number of carboxylic acids is 1. The van der Waals surface area contributed by atoms with E-state index in [1.807, 2.05) is 18.2 Å². The molecular formula is C48H33N3O2S. The second-order valence-corrected chi connectivity index (χ2v) is 13.9. The van der Waals surface area contributed by atoms with Crippen molar-refractivity contribution in [2.75, 3.05) is 9.80 Å². The fraction of sp³-hybridized carbons (Fsp3) is 0. The first-order valence-electron chi connectivity index (χ1n) is 17.5. The third-order valence-electron chi connectivity index (χ3n) is 9.23. The van der Waals surface area contributed by atoms with Gasteiger partial charge in [0.1, 0.15) is 11.6 Å². The summed E-state index contributed by atoms with van der Waals surface area (Å²) in [4.78, 5) is 17.5. The Morgan fingerprint density at radius 2 is 0.870 bits per heavy atom. The fourth-order valence-corrected chi connectivity index (χ4v) is 7.40.